The van der Waals surface area contributed by atoms with Crippen LogP contribution in [-0.2, 0) is 21.4 Å². The molecule has 9 nitrogen and oxygen atoms in total. The Morgan fingerprint density at radius 3 is 2.70 bits per heavy atom. The summed E-state index contributed by atoms with van der Waals surface area (Å²) in [4.78, 5) is 16.2. The summed E-state index contributed by atoms with van der Waals surface area (Å²) in [6.07, 6.45) is 1.60. The number of nitrogens with zero attached hydrogens (tertiary/aromatic N) is 5. The van der Waals surface area contributed by atoms with Crippen LogP contribution in [0.2, 0.25) is 5.02 Å². The molecule has 0 fully saturated rings. The Morgan fingerprint density at radius 1 is 1.26 bits per heavy atom. The molecule has 0 bridgehead atoms. The number of sulfonamides is 1. The Balaban J connectivity index is 1.70. The average molecular weight is 409 g/mol. The lowest BCUT2D eigenvalue weighted by molar-refractivity contribution is -0.116. The molecule has 0 radical (unpaired) electrons. The maximum absolute atomic E-state index is 12.2. The molecule has 0 aliphatic rings. The third-order valence-electron chi connectivity index (χ3n) is 3.81. The lowest BCUT2D eigenvalue weighted by Gasteiger charge is -2.11. The fourth-order valence-electron chi connectivity index (χ4n) is 2.35. The first kappa shape index (κ1) is 19.2. The molecule has 0 aliphatic heterocycles. The van der Waals surface area contributed by atoms with E-state index in [0.29, 0.717) is 21.9 Å². The molecule has 0 spiro atoms. The molecule has 2 aromatic heterocycles. The second kappa shape index (κ2) is 7.59. The van der Waals surface area contributed by atoms with Gasteiger partial charge in [0.1, 0.15) is 11.3 Å². The first-order valence-electron chi connectivity index (χ1n) is 7.94. The normalized spacial score (nSPS) is 11.9. The van der Waals surface area contributed by atoms with Gasteiger partial charge in [-0.05, 0) is 30.3 Å². The van der Waals surface area contributed by atoms with Crippen LogP contribution in [0, 0.1) is 0 Å². The van der Waals surface area contributed by atoms with Gasteiger partial charge in [-0.2, -0.15) is 0 Å². The second-order valence-electron chi connectivity index (χ2n) is 5.91. The summed E-state index contributed by atoms with van der Waals surface area (Å²) in [5, 5.41) is 11.1. The quantitative estimate of drug-likeness (QED) is 0.665. The molecule has 1 N–H and O–H groups in total. The standard InChI is InChI=1S/C16H17ClN6O3S/c1-22(2)27(25,26)12-4-5-14-13(9-12)20-21-23(14)8-7-16(24)19-15-6-3-11(17)10-18-15/h3-6,9-10H,7-8H2,1-2H3,(H,18,19,24). The third kappa shape index (κ3) is 4.24. The van der Waals surface area contributed by atoms with Crippen LogP contribution in [0.15, 0.2) is 41.4 Å². The van der Waals surface area contributed by atoms with Crippen molar-refractivity contribution in [3.8, 4) is 0 Å². The maximum atomic E-state index is 12.2. The van der Waals surface area contributed by atoms with Crippen LogP contribution in [0.25, 0.3) is 11.0 Å². The molecule has 0 aliphatic carbocycles. The van der Waals surface area contributed by atoms with Gasteiger partial charge in [0.15, 0.2) is 0 Å². The molecule has 2 heterocycles. The van der Waals surface area contributed by atoms with E-state index in [4.69, 9.17) is 11.6 Å². The topological polar surface area (TPSA) is 110 Å². The largest absolute Gasteiger partial charge is 0.311 e. The number of pyridine rings is 1. The van der Waals surface area contributed by atoms with Crippen LogP contribution in [0.5, 0.6) is 0 Å². The molecular weight excluding hydrogens is 392 g/mol. The zero-order chi connectivity index (χ0) is 19.6. The van der Waals surface area contributed by atoms with Gasteiger partial charge < -0.3 is 5.32 Å². The number of halogens is 1. The van der Waals surface area contributed by atoms with E-state index in [-0.39, 0.29) is 23.8 Å². The number of hydrogen-bond donors (Lipinski definition) is 1. The maximum Gasteiger partial charge on any atom is 0.242 e. The zero-order valence-electron chi connectivity index (χ0n) is 14.6. The van der Waals surface area contributed by atoms with E-state index >= 15 is 0 Å². The van der Waals surface area contributed by atoms with Gasteiger partial charge in [0.2, 0.25) is 15.9 Å². The van der Waals surface area contributed by atoms with E-state index in [1.54, 1.807) is 22.9 Å². The van der Waals surface area contributed by atoms with Crippen molar-refractivity contribution in [3.05, 3.63) is 41.6 Å². The Bertz CT molecular complexity index is 1080. The Labute approximate surface area is 161 Å². The minimum Gasteiger partial charge on any atom is -0.311 e. The molecule has 11 heteroatoms. The number of rotatable bonds is 6. The van der Waals surface area contributed by atoms with Gasteiger partial charge in [-0.15, -0.1) is 5.10 Å². The fraction of sp³-hybridized carbons (Fsp3) is 0.250. The monoisotopic (exact) mass is 408 g/mol. The molecule has 1 aromatic carbocycles. The summed E-state index contributed by atoms with van der Waals surface area (Å²) >= 11 is 5.75. The van der Waals surface area contributed by atoms with E-state index in [1.807, 2.05) is 0 Å². The van der Waals surface area contributed by atoms with Crippen LogP contribution >= 0.6 is 11.6 Å². The van der Waals surface area contributed by atoms with E-state index in [9.17, 15) is 13.2 Å². The van der Waals surface area contributed by atoms with Crippen molar-refractivity contribution < 1.29 is 13.2 Å². The molecule has 0 atom stereocenters. The van der Waals surface area contributed by atoms with Gasteiger partial charge in [0.05, 0.1) is 22.0 Å². The zero-order valence-corrected chi connectivity index (χ0v) is 16.2. The number of hydrogen-bond acceptors (Lipinski definition) is 6. The third-order valence-corrected chi connectivity index (χ3v) is 5.84. The highest BCUT2D eigenvalue weighted by molar-refractivity contribution is 7.89. The number of benzene rings is 1. The number of carbonyl (C=O) groups is 1. The summed E-state index contributed by atoms with van der Waals surface area (Å²) in [6.45, 7) is 0.287. The molecule has 3 rings (SSSR count). The summed E-state index contributed by atoms with van der Waals surface area (Å²) in [5.74, 6) is 0.173. The lowest BCUT2D eigenvalue weighted by atomic mass is 10.3. The van der Waals surface area contributed by atoms with Gasteiger partial charge in [-0.25, -0.2) is 22.4 Å². The molecule has 1 amide bonds. The predicted molar refractivity (Wildman–Crippen MR) is 101 cm³/mol. The number of nitrogens with one attached hydrogen (secondary N) is 1. The van der Waals surface area contributed by atoms with Crippen molar-refractivity contribution in [1.82, 2.24) is 24.3 Å². The molecule has 0 saturated heterocycles. The number of aryl methyl sites for hydroxylation is 1. The predicted octanol–water partition coefficient (Wildman–Crippen LogP) is 1.76. The highest BCUT2D eigenvalue weighted by atomic mass is 35.5. The smallest absolute Gasteiger partial charge is 0.242 e. The highest BCUT2D eigenvalue weighted by Crippen LogP contribution is 2.19. The molecule has 0 unspecified atom stereocenters. The van der Waals surface area contributed by atoms with E-state index in [0.717, 1.165) is 4.31 Å². The lowest BCUT2D eigenvalue weighted by Crippen LogP contribution is -2.22. The minimum atomic E-state index is -3.55. The van der Waals surface area contributed by atoms with Crippen molar-refractivity contribution >= 4 is 44.4 Å². The number of aromatic nitrogens is 4. The first-order chi connectivity index (χ1) is 12.8. The van der Waals surface area contributed by atoms with E-state index < -0.39 is 10.0 Å². The molecule has 142 valence electrons. The average Bonchev–Trinajstić information content (AvgIpc) is 3.04. The Morgan fingerprint density at radius 2 is 2.04 bits per heavy atom. The summed E-state index contributed by atoms with van der Waals surface area (Å²) in [7, 11) is -0.621. The number of fused-ring (bicyclic) bond motifs is 1. The molecule has 27 heavy (non-hydrogen) atoms. The van der Waals surface area contributed by atoms with Gasteiger partial charge in [0.25, 0.3) is 0 Å². The summed E-state index contributed by atoms with van der Waals surface area (Å²) in [6, 6.07) is 7.83. The first-order valence-corrected chi connectivity index (χ1v) is 9.76. The van der Waals surface area contributed by atoms with Crippen LogP contribution in [-0.4, -0.2) is 52.7 Å². The van der Waals surface area contributed by atoms with Crippen LogP contribution in [0.4, 0.5) is 5.82 Å². The molecule has 0 saturated carbocycles. The fourth-order valence-corrected chi connectivity index (χ4v) is 3.38. The molecule has 3 aromatic rings. The van der Waals surface area contributed by atoms with Crippen molar-refractivity contribution in [2.75, 3.05) is 19.4 Å². The minimum absolute atomic E-state index is 0.138. The van der Waals surface area contributed by atoms with Gasteiger partial charge in [-0.3, -0.25) is 4.79 Å². The van der Waals surface area contributed by atoms with E-state index in [2.05, 4.69) is 20.6 Å². The summed E-state index contributed by atoms with van der Waals surface area (Å²) in [5.41, 5.74) is 1.09. The number of carbonyl (C=O) groups excluding carboxylic acids is 1. The summed E-state index contributed by atoms with van der Waals surface area (Å²) < 4.78 is 27.1. The van der Waals surface area contributed by atoms with Crippen LogP contribution in [0.1, 0.15) is 6.42 Å². The molecular formula is C16H17ClN6O3S. The van der Waals surface area contributed by atoms with Gasteiger partial charge >= 0.3 is 0 Å². The van der Waals surface area contributed by atoms with Gasteiger partial charge in [0, 0.05) is 26.7 Å². The number of anilines is 1. The van der Waals surface area contributed by atoms with Crippen molar-refractivity contribution in [1.29, 1.82) is 0 Å². The Kier molecular flexibility index (Phi) is 5.40. The highest BCUT2D eigenvalue weighted by Gasteiger charge is 2.19. The van der Waals surface area contributed by atoms with E-state index in [1.165, 1.54) is 32.4 Å². The second-order valence-corrected chi connectivity index (χ2v) is 8.50. The van der Waals surface area contributed by atoms with Crippen molar-refractivity contribution in [2.24, 2.45) is 0 Å². The SMILES string of the molecule is CN(C)S(=O)(=O)c1ccc2c(c1)nnn2CCC(=O)Nc1ccc(Cl)cn1. The number of amides is 1. The van der Waals surface area contributed by atoms with Crippen LogP contribution in [0.3, 0.4) is 0 Å². The van der Waals surface area contributed by atoms with Crippen molar-refractivity contribution in [3.63, 3.8) is 0 Å². The van der Waals surface area contributed by atoms with Crippen LogP contribution < -0.4 is 5.32 Å². The van der Waals surface area contributed by atoms with Crippen molar-refractivity contribution in [2.45, 2.75) is 17.9 Å². The Hall–Kier alpha value is -2.56. The van der Waals surface area contributed by atoms with Gasteiger partial charge in [-0.1, -0.05) is 16.8 Å².